The van der Waals surface area contributed by atoms with Gasteiger partial charge < -0.3 is 9.84 Å². The molecule has 234 valence electrons. The standard InChI is InChI=1S/C38H59NO3/c1-26(2)27-14-18-37(32(40)42-8)21-20-35(6)28(31(27)37)12-13-30-34(5)19-22-38(41,16-11-25-39-23-9-10-24-39)33(3,4)29(34)15-17-36(30,35)7/h27-31,41H,1,9-10,12-15,17-25H2,2-8H3/t27-,28+,29-,30+,31+,34-,35+,36+,37-,38-/m0/s1. The van der Waals surface area contributed by atoms with Gasteiger partial charge in [-0.2, -0.15) is 0 Å². The lowest BCUT2D eigenvalue weighted by atomic mass is 9.31. The minimum Gasteiger partial charge on any atom is -0.469 e. The molecule has 5 saturated carbocycles. The van der Waals surface area contributed by atoms with Gasteiger partial charge >= 0.3 is 5.97 Å². The van der Waals surface area contributed by atoms with Gasteiger partial charge in [0.15, 0.2) is 0 Å². The highest BCUT2D eigenvalue weighted by molar-refractivity contribution is 5.78. The van der Waals surface area contributed by atoms with Crippen molar-refractivity contribution in [2.75, 3.05) is 26.7 Å². The average Bonchev–Trinajstić information content (AvgIpc) is 3.60. The summed E-state index contributed by atoms with van der Waals surface area (Å²) in [5, 5.41) is 12.2. The third kappa shape index (κ3) is 3.97. The Morgan fingerprint density at radius 1 is 0.905 bits per heavy atom. The summed E-state index contributed by atoms with van der Waals surface area (Å²) in [6.07, 6.45) is 13.3. The molecule has 0 spiro atoms. The Morgan fingerprint density at radius 2 is 1.62 bits per heavy atom. The number of fused-ring (bicyclic) bond motifs is 7. The van der Waals surface area contributed by atoms with Crippen LogP contribution in [0.4, 0.5) is 0 Å². The SMILES string of the molecule is C=C(C)[C@@H]1CC[C@]2(C(=O)OC)CC[C@]3(C)[C@H](CC[C@@H]4[C@@]5(C)CC[C@@](O)(C#CCN6CCCC6)C(C)(C)[C@@H]5CC[C@]43C)[C@@H]12. The summed E-state index contributed by atoms with van der Waals surface area (Å²) in [4.78, 5) is 15.9. The number of esters is 1. The number of methoxy groups -OCH3 is 1. The lowest BCUT2D eigenvalue weighted by molar-refractivity contribution is -0.256. The Labute approximate surface area is 256 Å². The molecule has 4 heteroatoms. The summed E-state index contributed by atoms with van der Waals surface area (Å²) >= 11 is 0. The molecule has 6 aliphatic rings. The van der Waals surface area contributed by atoms with Gasteiger partial charge in [0, 0.05) is 5.41 Å². The van der Waals surface area contributed by atoms with Crippen LogP contribution in [-0.4, -0.2) is 48.3 Å². The Kier molecular flexibility index (Phi) is 7.39. The molecule has 4 nitrogen and oxygen atoms in total. The summed E-state index contributed by atoms with van der Waals surface area (Å²) in [5.74, 6) is 9.34. The lowest BCUT2D eigenvalue weighted by Crippen LogP contribution is -2.68. The van der Waals surface area contributed by atoms with Crippen molar-refractivity contribution in [1.29, 1.82) is 0 Å². The van der Waals surface area contributed by atoms with Crippen LogP contribution >= 0.6 is 0 Å². The van der Waals surface area contributed by atoms with E-state index >= 15 is 0 Å². The lowest BCUT2D eigenvalue weighted by Gasteiger charge is -2.73. The van der Waals surface area contributed by atoms with Crippen LogP contribution in [0.2, 0.25) is 0 Å². The molecule has 0 bridgehead atoms. The normalized spacial score (nSPS) is 49.5. The van der Waals surface area contributed by atoms with E-state index in [1.807, 2.05) is 0 Å². The van der Waals surface area contributed by atoms with Crippen molar-refractivity contribution < 1.29 is 14.6 Å². The third-order valence-corrected chi connectivity index (χ3v) is 15.7. The smallest absolute Gasteiger partial charge is 0.312 e. The second kappa shape index (κ2) is 10.1. The van der Waals surface area contributed by atoms with E-state index in [-0.39, 0.29) is 33.0 Å². The number of aliphatic hydroxyl groups is 1. The predicted molar refractivity (Wildman–Crippen MR) is 169 cm³/mol. The molecular formula is C38H59NO3. The molecule has 0 aromatic carbocycles. The van der Waals surface area contributed by atoms with Crippen LogP contribution in [0, 0.1) is 68.5 Å². The zero-order valence-electron chi connectivity index (χ0n) is 27.9. The van der Waals surface area contributed by atoms with Gasteiger partial charge in [-0.05, 0) is 143 Å². The molecule has 1 heterocycles. The summed E-state index contributed by atoms with van der Waals surface area (Å²) in [6, 6.07) is 0. The highest BCUT2D eigenvalue weighted by Crippen LogP contribution is 2.78. The fourth-order valence-corrected chi connectivity index (χ4v) is 13.1. The van der Waals surface area contributed by atoms with Crippen LogP contribution in [0.3, 0.4) is 0 Å². The van der Waals surface area contributed by atoms with Crippen LogP contribution in [0.5, 0.6) is 0 Å². The molecule has 1 aliphatic heterocycles. The number of allylic oxidation sites excluding steroid dienone is 1. The number of rotatable bonds is 3. The third-order valence-electron chi connectivity index (χ3n) is 15.7. The maximum Gasteiger partial charge on any atom is 0.312 e. The summed E-state index contributed by atoms with van der Waals surface area (Å²) in [6.45, 7) is 22.3. The van der Waals surface area contributed by atoms with E-state index in [9.17, 15) is 9.90 Å². The molecule has 0 amide bonds. The first-order valence-corrected chi connectivity index (χ1v) is 17.4. The number of ether oxygens (including phenoxy) is 1. The van der Waals surface area contributed by atoms with E-state index in [1.165, 1.54) is 37.7 Å². The Hall–Kier alpha value is -1.31. The average molecular weight is 578 g/mol. The van der Waals surface area contributed by atoms with Gasteiger partial charge in [-0.1, -0.05) is 58.6 Å². The van der Waals surface area contributed by atoms with E-state index in [4.69, 9.17) is 4.74 Å². The quantitative estimate of drug-likeness (QED) is 0.213. The Morgan fingerprint density at radius 3 is 2.29 bits per heavy atom. The first-order chi connectivity index (χ1) is 19.7. The highest BCUT2D eigenvalue weighted by Gasteiger charge is 2.73. The Bertz CT molecular complexity index is 1170. The van der Waals surface area contributed by atoms with Gasteiger partial charge in [-0.3, -0.25) is 9.69 Å². The maximum atomic E-state index is 13.5. The number of hydrogen-bond donors (Lipinski definition) is 1. The molecule has 0 radical (unpaired) electrons. The molecule has 6 rings (SSSR count). The van der Waals surface area contributed by atoms with Crippen LogP contribution in [0.1, 0.15) is 119 Å². The number of hydrogen-bond acceptors (Lipinski definition) is 4. The molecule has 0 aromatic rings. The molecular weight excluding hydrogens is 518 g/mol. The van der Waals surface area contributed by atoms with Crippen LogP contribution in [-0.2, 0) is 9.53 Å². The first kappa shape index (κ1) is 30.7. The van der Waals surface area contributed by atoms with E-state index in [0.717, 1.165) is 64.6 Å². The number of carbonyl (C=O) groups is 1. The molecule has 6 fully saturated rings. The van der Waals surface area contributed by atoms with Gasteiger partial charge in [0.2, 0.25) is 0 Å². The van der Waals surface area contributed by atoms with Crippen molar-refractivity contribution in [3.8, 4) is 11.8 Å². The molecule has 10 atom stereocenters. The van der Waals surface area contributed by atoms with Crippen molar-refractivity contribution in [2.45, 2.75) is 124 Å². The van der Waals surface area contributed by atoms with Crippen molar-refractivity contribution in [2.24, 2.45) is 56.7 Å². The van der Waals surface area contributed by atoms with Crippen LogP contribution < -0.4 is 0 Å². The topological polar surface area (TPSA) is 49.8 Å². The van der Waals surface area contributed by atoms with Crippen molar-refractivity contribution in [1.82, 2.24) is 4.90 Å². The van der Waals surface area contributed by atoms with Gasteiger partial charge in [-0.15, -0.1) is 0 Å². The molecule has 1 saturated heterocycles. The monoisotopic (exact) mass is 577 g/mol. The van der Waals surface area contributed by atoms with Crippen molar-refractivity contribution in [3.05, 3.63) is 12.2 Å². The summed E-state index contributed by atoms with van der Waals surface area (Å²) in [7, 11) is 1.60. The van der Waals surface area contributed by atoms with Gasteiger partial charge in [0.05, 0.1) is 19.1 Å². The van der Waals surface area contributed by atoms with E-state index in [2.05, 4.69) is 64.9 Å². The minimum atomic E-state index is -0.921. The molecule has 42 heavy (non-hydrogen) atoms. The van der Waals surface area contributed by atoms with Crippen LogP contribution in [0.25, 0.3) is 0 Å². The van der Waals surface area contributed by atoms with Gasteiger partial charge in [0.1, 0.15) is 5.60 Å². The molecule has 0 unspecified atom stereocenters. The molecule has 1 N–H and O–H groups in total. The summed E-state index contributed by atoms with van der Waals surface area (Å²) < 4.78 is 5.55. The van der Waals surface area contributed by atoms with Crippen LogP contribution in [0.15, 0.2) is 12.2 Å². The Balaban J connectivity index is 1.31. The second-order valence-electron chi connectivity index (χ2n) is 17.2. The minimum absolute atomic E-state index is 0.0420. The number of carbonyl (C=O) groups excluding carboxylic acids is 1. The number of nitrogens with zero attached hydrogens (tertiary/aromatic N) is 1. The van der Waals surface area contributed by atoms with E-state index in [1.54, 1.807) is 7.11 Å². The zero-order chi connectivity index (χ0) is 30.3. The molecule has 0 aromatic heterocycles. The molecule has 5 aliphatic carbocycles. The zero-order valence-corrected chi connectivity index (χ0v) is 27.9. The predicted octanol–water partition coefficient (Wildman–Crippen LogP) is 7.65. The first-order valence-electron chi connectivity index (χ1n) is 17.4. The van der Waals surface area contributed by atoms with E-state index < -0.39 is 5.60 Å². The maximum absolute atomic E-state index is 13.5. The summed E-state index contributed by atoms with van der Waals surface area (Å²) in [5.41, 5.74) is 0.362. The largest absolute Gasteiger partial charge is 0.469 e. The fourth-order valence-electron chi connectivity index (χ4n) is 13.1. The van der Waals surface area contributed by atoms with Crippen molar-refractivity contribution >= 4 is 5.97 Å². The van der Waals surface area contributed by atoms with Gasteiger partial charge in [0.25, 0.3) is 0 Å². The van der Waals surface area contributed by atoms with Gasteiger partial charge in [-0.25, -0.2) is 0 Å². The van der Waals surface area contributed by atoms with E-state index in [0.29, 0.717) is 29.6 Å². The fraction of sp³-hybridized carbons (Fsp3) is 0.868. The second-order valence-corrected chi connectivity index (χ2v) is 17.2. The highest BCUT2D eigenvalue weighted by atomic mass is 16.5. The number of likely N-dealkylation sites (tertiary alicyclic amines) is 1. The van der Waals surface area contributed by atoms with Crippen molar-refractivity contribution in [3.63, 3.8) is 0 Å².